The average Bonchev–Trinajstić information content (AvgIpc) is 2.89. The van der Waals surface area contributed by atoms with E-state index < -0.39 is 0 Å². The zero-order valence-electron chi connectivity index (χ0n) is 10.9. The van der Waals surface area contributed by atoms with Crippen LogP contribution in [0.15, 0.2) is 32.5 Å². The van der Waals surface area contributed by atoms with Gasteiger partial charge in [-0.3, -0.25) is 0 Å². The van der Waals surface area contributed by atoms with Gasteiger partial charge in [0.15, 0.2) is 0 Å². The molecule has 2 heterocycles. The highest BCUT2D eigenvalue weighted by atomic mass is 79.9. The van der Waals surface area contributed by atoms with E-state index in [1.54, 1.807) is 7.11 Å². The first kappa shape index (κ1) is 14.6. The van der Waals surface area contributed by atoms with Crippen molar-refractivity contribution in [2.45, 2.75) is 0 Å². The normalized spacial score (nSPS) is 10.8. The number of fused-ring (bicyclic) bond motifs is 1. The SMILES string of the molecule is COc1cc(Nc2nc(N)nc3sccc23)c(Br)cc1Br. The number of nitrogens with two attached hydrogens (primary N) is 1. The maximum Gasteiger partial charge on any atom is 0.223 e. The van der Waals surface area contributed by atoms with Crippen molar-refractivity contribution in [1.82, 2.24) is 9.97 Å². The Morgan fingerprint density at radius 1 is 1.24 bits per heavy atom. The molecule has 0 radical (unpaired) electrons. The summed E-state index contributed by atoms with van der Waals surface area (Å²) in [6.07, 6.45) is 0. The molecule has 3 N–H and O–H groups in total. The molecule has 2 aromatic heterocycles. The molecule has 0 spiro atoms. The number of hydrogen-bond donors (Lipinski definition) is 2. The highest BCUT2D eigenvalue weighted by molar-refractivity contribution is 9.11. The van der Waals surface area contributed by atoms with Gasteiger partial charge in [-0.25, -0.2) is 4.98 Å². The molecule has 3 rings (SSSR count). The number of aromatic nitrogens is 2. The van der Waals surface area contributed by atoms with E-state index in [0.29, 0.717) is 5.82 Å². The van der Waals surface area contributed by atoms with Crippen LogP contribution in [0.4, 0.5) is 17.5 Å². The number of hydrogen-bond acceptors (Lipinski definition) is 6. The Hall–Kier alpha value is -1.38. The molecule has 8 heteroatoms. The molecule has 0 amide bonds. The van der Waals surface area contributed by atoms with Crippen molar-refractivity contribution >= 4 is 70.9 Å². The van der Waals surface area contributed by atoms with Crippen LogP contribution in [0.5, 0.6) is 5.75 Å². The molecule has 1 aromatic carbocycles. The Labute approximate surface area is 141 Å². The summed E-state index contributed by atoms with van der Waals surface area (Å²) in [7, 11) is 1.62. The first-order chi connectivity index (χ1) is 10.1. The number of methoxy groups -OCH3 is 1. The van der Waals surface area contributed by atoms with Crippen molar-refractivity contribution < 1.29 is 4.74 Å². The molecule has 0 saturated heterocycles. The molecule has 5 nitrogen and oxygen atoms in total. The van der Waals surface area contributed by atoms with Crippen molar-refractivity contribution in [2.24, 2.45) is 0 Å². The first-order valence-electron chi connectivity index (χ1n) is 5.89. The molecular formula is C13H10Br2N4OS. The van der Waals surface area contributed by atoms with E-state index in [2.05, 4.69) is 47.1 Å². The summed E-state index contributed by atoms with van der Waals surface area (Å²) in [5.74, 6) is 1.64. The fourth-order valence-electron chi connectivity index (χ4n) is 1.88. The van der Waals surface area contributed by atoms with Crippen LogP contribution < -0.4 is 15.8 Å². The van der Waals surface area contributed by atoms with Crippen molar-refractivity contribution in [1.29, 1.82) is 0 Å². The minimum Gasteiger partial charge on any atom is -0.495 e. The predicted octanol–water partition coefficient (Wildman–Crippen LogP) is 4.55. The third kappa shape index (κ3) is 2.83. The molecule has 21 heavy (non-hydrogen) atoms. The second-order valence-electron chi connectivity index (χ2n) is 4.16. The van der Waals surface area contributed by atoms with Gasteiger partial charge < -0.3 is 15.8 Å². The van der Waals surface area contributed by atoms with E-state index in [9.17, 15) is 0 Å². The van der Waals surface area contributed by atoms with E-state index in [4.69, 9.17) is 10.5 Å². The van der Waals surface area contributed by atoms with Crippen LogP contribution in [-0.2, 0) is 0 Å². The highest BCUT2D eigenvalue weighted by Gasteiger charge is 2.11. The topological polar surface area (TPSA) is 73.1 Å². The molecule has 0 saturated carbocycles. The van der Waals surface area contributed by atoms with Crippen LogP contribution in [-0.4, -0.2) is 17.1 Å². The molecule has 0 aliphatic carbocycles. The molecule has 0 aliphatic heterocycles. The van der Waals surface area contributed by atoms with Crippen LogP contribution in [0.1, 0.15) is 0 Å². The largest absolute Gasteiger partial charge is 0.495 e. The Kier molecular flexibility index (Phi) is 4.01. The number of nitrogens with zero attached hydrogens (tertiary/aromatic N) is 2. The standard InChI is InChI=1S/C13H10Br2N4OS/c1-20-10-5-9(7(14)4-8(10)15)17-11-6-2-3-21-12(6)19-13(16)18-11/h2-5H,1H3,(H3,16,17,18,19). The maximum absolute atomic E-state index is 5.76. The second-order valence-corrected chi connectivity index (χ2v) is 6.76. The molecule has 0 unspecified atom stereocenters. The van der Waals surface area contributed by atoms with Gasteiger partial charge in [0.05, 0.1) is 22.7 Å². The molecule has 0 fully saturated rings. The summed E-state index contributed by atoms with van der Waals surface area (Å²) in [5.41, 5.74) is 6.59. The summed E-state index contributed by atoms with van der Waals surface area (Å²) < 4.78 is 7.06. The number of anilines is 3. The monoisotopic (exact) mass is 428 g/mol. The molecule has 0 aliphatic rings. The zero-order valence-corrected chi connectivity index (χ0v) is 14.8. The van der Waals surface area contributed by atoms with Crippen LogP contribution in [0, 0.1) is 0 Å². The number of nitrogens with one attached hydrogen (secondary N) is 1. The minimum atomic E-state index is 0.243. The average molecular weight is 430 g/mol. The minimum absolute atomic E-state index is 0.243. The number of benzene rings is 1. The number of thiophene rings is 1. The lowest BCUT2D eigenvalue weighted by Gasteiger charge is -2.12. The summed E-state index contributed by atoms with van der Waals surface area (Å²) in [6, 6.07) is 5.76. The number of rotatable bonds is 3. The van der Waals surface area contributed by atoms with Gasteiger partial charge in [0.1, 0.15) is 16.4 Å². The van der Waals surface area contributed by atoms with Crippen molar-refractivity contribution in [3.63, 3.8) is 0 Å². The summed E-state index contributed by atoms with van der Waals surface area (Å²) in [4.78, 5) is 9.34. The van der Waals surface area contributed by atoms with Crippen LogP contribution in [0.3, 0.4) is 0 Å². The van der Waals surface area contributed by atoms with E-state index in [-0.39, 0.29) is 5.95 Å². The quantitative estimate of drug-likeness (QED) is 0.638. The predicted molar refractivity (Wildman–Crippen MR) is 93.5 cm³/mol. The van der Waals surface area contributed by atoms with Crippen LogP contribution in [0.25, 0.3) is 10.2 Å². The smallest absolute Gasteiger partial charge is 0.223 e. The van der Waals surface area contributed by atoms with Gasteiger partial charge in [0.25, 0.3) is 0 Å². The van der Waals surface area contributed by atoms with Gasteiger partial charge in [-0.1, -0.05) is 0 Å². The van der Waals surface area contributed by atoms with Crippen molar-refractivity contribution in [3.05, 3.63) is 32.5 Å². The third-order valence-corrected chi connectivity index (χ3v) is 4.92. The molecule has 0 bridgehead atoms. The lowest BCUT2D eigenvalue weighted by Crippen LogP contribution is -2.01. The van der Waals surface area contributed by atoms with Crippen LogP contribution >= 0.6 is 43.2 Å². The van der Waals surface area contributed by atoms with Gasteiger partial charge in [-0.15, -0.1) is 11.3 Å². The summed E-state index contributed by atoms with van der Waals surface area (Å²) in [5, 5.41) is 6.16. The second kappa shape index (κ2) is 5.78. The lowest BCUT2D eigenvalue weighted by molar-refractivity contribution is 0.412. The van der Waals surface area contributed by atoms with E-state index >= 15 is 0 Å². The Bertz CT molecular complexity index is 821. The van der Waals surface area contributed by atoms with E-state index in [1.165, 1.54) is 11.3 Å². The van der Waals surface area contributed by atoms with E-state index in [0.717, 1.165) is 30.6 Å². The number of halogens is 2. The fraction of sp³-hybridized carbons (Fsp3) is 0.0769. The Morgan fingerprint density at radius 2 is 2.05 bits per heavy atom. The zero-order chi connectivity index (χ0) is 15.0. The number of nitrogen functional groups attached to an aromatic ring is 1. The maximum atomic E-state index is 5.76. The first-order valence-corrected chi connectivity index (χ1v) is 8.36. The van der Waals surface area contributed by atoms with Crippen molar-refractivity contribution in [2.75, 3.05) is 18.2 Å². The Morgan fingerprint density at radius 3 is 2.81 bits per heavy atom. The summed E-state index contributed by atoms with van der Waals surface area (Å²) in [6.45, 7) is 0. The summed E-state index contributed by atoms with van der Waals surface area (Å²) >= 11 is 8.49. The molecule has 3 aromatic rings. The fourth-order valence-corrected chi connectivity index (χ4v) is 3.90. The number of ether oxygens (including phenoxy) is 1. The van der Waals surface area contributed by atoms with Gasteiger partial charge in [-0.05, 0) is 49.4 Å². The van der Waals surface area contributed by atoms with Gasteiger partial charge in [0, 0.05) is 10.5 Å². The van der Waals surface area contributed by atoms with Gasteiger partial charge >= 0.3 is 0 Å². The van der Waals surface area contributed by atoms with E-state index in [1.807, 2.05) is 23.6 Å². The van der Waals surface area contributed by atoms with Crippen LogP contribution in [0.2, 0.25) is 0 Å². The molecular weight excluding hydrogens is 420 g/mol. The highest BCUT2D eigenvalue weighted by Crippen LogP contribution is 2.37. The lowest BCUT2D eigenvalue weighted by atomic mass is 10.3. The molecule has 0 atom stereocenters. The van der Waals surface area contributed by atoms with Gasteiger partial charge in [0.2, 0.25) is 5.95 Å². The van der Waals surface area contributed by atoms with Crippen molar-refractivity contribution in [3.8, 4) is 5.75 Å². The molecule has 108 valence electrons. The van der Waals surface area contributed by atoms with Gasteiger partial charge in [-0.2, -0.15) is 4.98 Å². The Balaban J connectivity index is 2.08. The third-order valence-electron chi connectivity index (χ3n) is 2.84.